The molecule has 0 aromatic carbocycles. The fourth-order valence-electron chi connectivity index (χ4n) is 7.14. The van der Waals surface area contributed by atoms with E-state index in [2.05, 4.69) is 74.5 Å². The van der Waals surface area contributed by atoms with E-state index in [0.717, 1.165) is 34.8 Å². The number of halogens is 2. The third-order valence-electron chi connectivity index (χ3n) is 9.35. The maximum absolute atomic E-state index is 2.67. The van der Waals surface area contributed by atoms with Crippen molar-refractivity contribution in [3.63, 3.8) is 0 Å². The Bertz CT molecular complexity index is 648. The maximum atomic E-state index is 2.67. The van der Waals surface area contributed by atoms with Crippen molar-refractivity contribution in [2.45, 2.75) is 74.0 Å². The molecule has 6 rings (SSSR count). The van der Waals surface area contributed by atoms with Crippen LogP contribution in [0.25, 0.3) is 0 Å². The molecule has 0 radical (unpaired) electrons. The number of rotatable bonds is 2. The van der Waals surface area contributed by atoms with Crippen LogP contribution in [0.4, 0.5) is 0 Å². The number of allylic oxidation sites excluding steroid dienone is 8. The SMILES string of the molecule is C[Si]1(C2[CH-]CC3C=CC=CC32)CCC1.C[Si]1(C2[CH-]CC3C=CC=CC32)CCC1.[Cl-].[Cl-].[Hf+4]. The summed E-state index contributed by atoms with van der Waals surface area (Å²) in [6.45, 7) is 5.26. The van der Waals surface area contributed by atoms with Crippen LogP contribution in [0.15, 0.2) is 48.6 Å². The molecule has 2 saturated carbocycles. The van der Waals surface area contributed by atoms with Gasteiger partial charge in [0.2, 0.25) is 0 Å². The summed E-state index contributed by atoms with van der Waals surface area (Å²) < 4.78 is 0. The Morgan fingerprint density at radius 1 is 0.613 bits per heavy atom. The monoisotopic (exact) mass is 656 g/mol. The molecule has 6 atom stereocenters. The zero-order valence-electron chi connectivity index (χ0n) is 19.2. The Hall–Kier alpha value is 0.844. The van der Waals surface area contributed by atoms with Gasteiger partial charge in [-0.2, -0.15) is 23.9 Å². The minimum atomic E-state index is -0.813. The van der Waals surface area contributed by atoms with Crippen LogP contribution in [-0.4, -0.2) is 16.1 Å². The molecule has 4 aliphatic carbocycles. The van der Waals surface area contributed by atoms with Crippen molar-refractivity contribution < 1.29 is 50.7 Å². The molecule has 4 fully saturated rings. The summed E-state index contributed by atoms with van der Waals surface area (Å²) in [6, 6.07) is 6.37. The smallest absolute Gasteiger partial charge is 1.00 e. The predicted octanol–water partition coefficient (Wildman–Crippen LogP) is 1.62. The van der Waals surface area contributed by atoms with Crippen molar-refractivity contribution in [3.05, 3.63) is 61.4 Å². The largest absolute Gasteiger partial charge is 4.00 e. The molecule has 0 nitrogen and oxygen atoms in total. The van der Waals surface area contributed by atoms with Crippen LogP contribution in [0.3, 0.4) is 0 Å². The van der Waals surface area contributed by atoms with Gasteiger partial charge >= 0.3 is 25.8 Å². The van der Waals surface area contributed by atoms with Gasteiger partial charge in [-0.1, -0.05) is 98.7 Å². The predicted molar refractivity (Wildman–Crippen MR) is 128 cm³/mol. The molecule has 6 aliphatic rings. The molecular formula is C26H38Cl2HfSi2. The summed E-state index contributed by atoms with van der Waals surface area (Å²) in [6.07, 6.45) is 29.9. The molecule has 2 heterocycles. The van der Waals surface area contributed by atoms with E-state index in [4.69, 9.17) is 0 Å². The van der Waals surface area contributed by atoms with E-state index in [1.165, 1.54) is 25.7 Å². The van der Waals surface area contributed by atoms with Crippen molar-refractivity contribution >= 4 is 16.1 Å². The molecule has 31 heavy (non-hydrogen) atoms. The minimum Gasteiger partial charge on any atom is -1.00 e. The maximum Gasteiger partial charge on any atom is 4.00 e. The fourth-order valence-corrected chi connectivity index (χ4v) is 15.4. The average Bonchev–Trinajstić information content (AvgIpc) is 3.29. The standard InChI is InChI=1S/2C13H19Si.2ClH.Hf/c2*1-14(9-4-10-14)13-8-7-11-5-2-3-6-12(11)13;;;/h2*2-3,5-6,8,11-13H,4,7,9-10H2,1H3;2*1H;/q2*-1;;;+4/p-2. The molecular weight excluding hydrogens is 618 g/mol. The van der Waals surface area contributed by atoms with Crippen molar-refractivity contribution in [2.75, 3.05) is 0 Å². The van der Waals surface area contributed by atoms with E-state index < -0.39 is 16.1 Å². The second-order valence-electron chi connectivity index (χ2n) is 11.0. The third-order valence-corrected chi connectivity index (χ3v) is 19.8. The van der Waals surface area contributed by atoms with Crippen LogP contribution in [0.2, 0.25) is 48.4 Å². The Labute approximate surface area is 224 Å². The number of fused-ring (bicyclic) bond motifs is 2. The van der Waals surface area contributed by atoms with Crippen molar-refractivity contribution in [3.8, 4) is 0 Å². The molecule has 0 bridgehead atoms. The number of hydrogen-bond donors (Lipinski definition) is 0. The van der Waals surface area contributed by atoms with Crippen molar-refractivity contribution in [1.82, 2.24) is 0 Å². The number of hydrogen-bond acceptors (Lipinski definition) is 0. The molecule has 0 amide bonds. The quantitative estimate of drug-likeness (QED) is 0.314. The molecule has 0 aromatic heterocycles. The van der Waals surface area contributed by atoms with Gasteiger partial charge in [0, 0.05) is 16.1 Å². The van der Waals surface area contributed by atoms with Crippen molar-refractivity contribution in [2.24, 2.45) is 23.7 Å². The van der Waals surface area contributed by atoms with E-state index in [9.17, 15) is 0 Å². The average molecular weight is 656 g/mol. The Balaban J connectivity index is 0.000000201. The van der Waals surface area contributed by atoms with Gasteiger partial charge in [0.05, 0.1) is 0 Å². The first-order valence-corrected chi connectivity index (χ1v) is 17.9. The van der Waals surface area contributed by atoms with Crippen LogP contribution in [0, 0.1) is 36.5 Å². The van der Waals surface area contributed by atoms with E-state index in [0.29, 0.717) is 0 Å². The van der Waals surface area contributed by atoms with Gasteiger partial charge in [0.25, 0.3) is 0 Å². The molecule has 0 aromatic rings. The second-order valence-corrected chi connectivity index (χ2v) is 21.0. The van der Waals surface area contributed by atoms with Gasteiger partial charge in [-0.25, -0.2) is 0 Å². The molecule has 0 spiro atoms. The van der Waals surface area contributed by atoms with E-state index in [1.54, 1.807) is 24.2 Å². The Morgan fingerprint density at radius 3 is 1.29 bits per heavy atom. The zero-order chi connectivity index (χ0) is 19.2. The summed E-state index contributed by atoms with van der Waals surface area (Å²) in [5, 5.41) is 0. The summed E-state index contributed by atoms with van der Waals surface area (Å²) in [4.78, 5) is 0. The van der Waals surface area contributed by atoms with Crippen molar-refractivity contribution in [1.29, 1.82) is 0 Å². The summed E-state index contributed by atoms with van der Waals surface area (Å²) >= 11 is 0. The van der Waals surface area contributed by atoms with Gasteiger partial charge in [0.15, 0.2) is 0 Å². The second kappa shape index (κ2) is 11.5. The van der Waals surface area contributed by atoms with Gasteiger partial charge in [0.1, 0.15) is 0 Å². The molecule has 5 heteroatoms. The Morgan fingerprint density at radius 2 is 0.968 bits per heavy atom. The Kier molecular flexibility index (Phi) is 10.4. The molecule has 2 saturated heterocycles. The molecule has 6 unspecified atom stereocenters. The zero-order valence-corrected chi connectivity index (χ0v) is 26.3. The van der Waals surface area contributed by atoms with Gasteiger partial charge in [-0.3, -0.25) is 0 Å². The third kappa shape index (κ3) is 5.41. The summed E-state index contributed by atoms with van der Waals surface area (Å²) in [5.74, 6) is 3.48. The minimum absolute atomic E-state index is 0. The molecule has 168 valence electrons. The summed E-state index contributed by atoms with van der Waals surface area (Å²) in [5.41, 5.74) is 2.00. The van der Waals surface area contributed by atoms with Crippen LogP contribution in [-0.2, 0) is 25.8 Å². The van der Waals surface area contributed by atoms with Gasteiger partial charge in [-0.05, 0) is 23.7 Å². The van der Waals surface area contributed by atoms with Gasteiger partial charge < -0.3 is 37.7 Å². The normalized spacial score (nSPS) is 39.2. The first kappa shape index (κ1) is 28.1. The summed E-state index contributed by atoms with van der Waals surface area (Å²) in [7, 11) is -1.63. The van der Waals surface area contributed by atoms with Crippen LogP contribution >= 0.6 is 0 Å². The van der Waals surface area contributed by atoms with Gasteiger partial charge in [-0.15, -0.1) is 0 Å². The van der Waals surface area contributed by atoms with E-state index in [1.807, 2.05) is 0 Å². The van der Waals surface area contributed by atoms with Crippen LogP contribution < -0.4 is 24.8 Å². The molecule has 0 N–H and O–H groups in total. The van der Waals surface area contributed by atoms with E-state index in [-0.39, 0.29) is 50.7 Å². The first-order chi connectivity index (χ1) is 13.6. The molecule has 2 aliphatic heterocycles. The van der Waals surface area contributed by atoms with E-state index >= 15 is 0 Å². The van der Waals surface area contributed by atoms with Crippen LogP contribution in [0.1, 0.15) is 25.7 Å². The van der Waals surface area contributed by atoms with Crippen LogP contribution in [0.5, 0.6) is 0 Å². The fraction of sp³-hybridized carbons (Fsp3) is 0.615. The first-order valence-electron chi connectivity index (χ1n) is 12.0. The topological polar surface area (TPSA) is 0 Å².